The van der Waals surface area contributed by atoms with E-state index in [0.29, 0.717) is 0 Å². The largest absolute Gasteiger partial charge is 0.378 e. The first-order valence-electron chi connectivity index (χ1n) is 4.36. The molecule has 0 bridgehead atoms. The van der Waals surface area contributed by atoms with E-state index in [2.05, 4.69) is 33.0 Å². The highest BCUT2D eigenvalue weighted by Gasteiger charge is 2.12. The van der Waals surface area contributed by atoms with Crippen molar-refractivity contribution in [2.75, 3.05) is 31.2 Å². The summed E-state index contributed by atoms with van der Waals surface area (Å²) in [6.07, 6.45) is 0. The third kappa shape index (κ3) is 2.03. The molecule has 0 aromatic heterocycles. The van der Waals surface area contributed by atoms with Gasteiger partial charge in [-0.2, -0.15) is 0 Å². The second kappa shape index (κ2) is 4.11. The predicted molar refractivity (Wildman–Crippen MR) is 56.0 cm³/mol. The van der Waals surface area contributed by atoms with Crippen molar-refractivity contribution >= 4 is 21.6 Å². The lowest BCUT2D eigenvalue weighted by Crippen LogP contribution is -2.36. The third-order valence-electron chi connectivity index (χ3n) is 2.14. The van der Waals surface area contributed by atoms with E-state index in [1.807, 2.05) is 12.1 Å². The van der Waals surface area contributed by atoms with Gasteiger partial charge in [0, 0.05) is 17.6 Å². The quantitative estimate of drug-likeness (QED) is 0.746. The van der Waals surface area contributed by atoms with Crippen molar-refractivity contribution in [3.8, 4) is 0 Å². The first-order chi connectivity index (χ1) is 6.38. The molecule has 1 saturated heterocycles. The Hall–Kier alpha value is -0.540. The van der Waals surface area contributed by atoms with Gasteiger partial charge in [-0.25, -0.2) is 0 Å². The van der Waals surface area contributed by atoms with Crippen LogP contribution in [-0.2, 0) is 4.74 Å². The predicted octanol–water partition coefficient (Wildman–Crippen LogP) is 2.09. The molecule has 13 heavy (non-hydrogen) atoms. The summed E-state index contributed by atoms with van der Waals surface area (Å²) in [7, 11) is 0. The summed E-state index contributed by atoms with van der Waals surface area (Å²) < 4.78 is 6.40. The number of nitrogens with zero attached hydrogens (tertiary/aromatic N) is 1. The van der Waals surface area contributed by atoms with Crippen LogP contribution in [0.15, 0.2) is 22.7 Å². The normalized spacial score (nSPS) is 17.5. The molecule has 1 aromatic carbocycles. The van der Waals surface area contributed by atoms with Gasteiger partial charge in [0.1, 0.15) is 0 Å². The van der Waals surface area contributed by atoms with Crippen molar-refractivity contribution < 1.29 is 4.74 Å². The third-order valence-corrected chi connectivity index (χ3v) is 2.78. The van der Waals surface area contributed by atoms with Gasteiger partial charge in [0.2, 0.25) is 0 Å². The first-order valence-corrected chi connectivity index (χ1v) is 5.15. The highest BCUT2D eigenvalue weighted by atomic mass is 79.9. The molecule has 2 rings (SSSR count). The van der Waals surface area contributed by atoms with Gasteiger partial charge < -0.3 is 9.64 Å². The van der Waals surface area contributed by atoms with Gasteiger partial charge in [-0.1, -0.05) is 6.07 Å². The Labute approximate surface area is 86.6 Å². The molecule has 0 N–H and O–H groups in total. The Morgan fingerprint density at radius 1 is 1.38 bits per heavy atom. The van der Waals surface area contributed by atoms with Crippen molar-refractivity contribution in [3.05, 3.63) is 28.7 Å². The summed E-state index contributed by atoms with van der Waals surface area (Å²) in [5.41, 5.74) is 1.24. The van der Waals surface area contributed by atoms with E-state index >= 15 is 0 Å². The maximum Gasteiger partial charge on any atom is 0.0642 e. The van der Waals surface area contributed by atoms with Crippen LogP contribution in [0.25, 0.3) is 0 Å². The minimum Gasteiger partial charge on any atom is -0.378 e. The van der Waals surface area contributed by atoms with Gasteiger partial charge >= 0.3 is 0 Å². The lowest BCUT2D eigenvalue weighted by atomic mass is 10.3. The molecule has 1 aliphatic rings. The van der Waals surface area contributed by atoms with Crippen molar-refractivity contribution in [1.29, 1.82) is 0 Å². The van der Waals surface area contributed by atoms with E-state index in [4.69, 9.17) is 4.74 Å². The van der Waals surface area contributed by atoms with Gasteiger partial charge in [-0.3, -0.25) is 0 Å². The second-order valence-electron chi connectivity index (χ2n) is 2.98. The molecule has 1 fully saturated rings. The van der Waals surface area contributed by atoms with Crippen LogP contribution >= 0.6 is 15.9 Å². The molecule has 0 aliphatic carbocycles. The molecule has 69 valence electrons. The SMILES string of the molecule is Brc1c[c]ccc1N1CCOCC1. The van der Waals surface area contributed by atoms with Crippen LogP contribution in [0.2, 0.25) is 0 Å². The zero-order valence-corrected chi connectivity index (χ0v) is 8.88. The van der Waals surface area contributed by atoms with Crippen LogP contribution in [0.3, 0.4) is 0 Å². The lowest BCUT2D eigenvalue weighted by molar-refractivity contribution is 0.122. The molecule has 1 aliphatic heterocycles. The van der Waals surface area contributed by atoms with Crippen LogP contribution < -0.4 is 4.90 Å². The second-order valence-corrected chi connectivity index (χ2v) is 3.83. The molecule has 2 nitrogen and oxygen atoms in total. The highest BCUT2D eigenvalue weighted by molar-refractivity contribution is 9.10. The summed E-state index contributed by atoms with van der Waals surface area (Å²) in [5.74, 6) is 0. The Bertz CT molecular complexity index is 284. The van der Waals surface area contributed by atoms with Crippen LogP contribution in [-0.4, -0.2) is 26.3 Å². The molecule has 1 radical (unpaired) electrons. The van der Waals surface area contributed by atoms with E-state index in [1.165, 1.54) is 5.69 Å². The van der Waals surface area contributed by atoms with E-state index in [-0.39, 0.29) is 0 Å². The first kappa shape index (κ1) is 9.03. The average Bonchev–Trinajstić information content (AvgIpc) is 2.20. The molecule has 0 atom stereocenters. The molecule has 1 aromatic rings. The number of rotatable bonds is 1. The van der Waals surface area contributed by atoms with E-state index < -0.39 is 0 Å². The van der Waals surface area contributed by atoms with Crippen molar-refractivity contribution in [1.82, 2.24) is 0 Å². The van der Waals surface area contributed by atoms with Crippen molar-refractivity contribution in [2.24, 2.45) is 0 Å². The Morgan fingerprint density at radius 2 is 2.15 bits per heavy atom. The van der Waals surface area contributed by atoms with Gasteiger partial charge in [0.05, 0.1) is 18.9 Å². The van der Waals surface area contributed by atoms with Crippen LogP contribution in [0, 0.1) is 6.07 Å². The minimum absolute atomic E-state index is 0.824. The average molecular weight is 241 g/mol. The van der Waals surface area contributed by atoms with Gasteiger partial charge in [-0.05, 0) is 34.1 Å². The number of hydrogen-bond acceptors (Lipinski definition) is 2. The van der Waals surface area contributed by atoms with E-state index in [1.54, 1.807) is 0 Å². The lowest BCUT2D eigenvalue weighted by Gasteiger charge is -2.29. The zero-order valence-electron chi connectivity index (χ0n) is 7.29. The molecular weight excluding hydrogens is 230 g/mol. The standard InChI is InChI=1S/C10H11BrNO/c11-9-3-1-2-4-10(9)12-5-7-13-8-6-12/h2-4H,5-8H2. The highest BCUT2D eigenvalue weighted by Crippen LogP contribution is 2.25. The monoisotopic (exact) mass is 240 g/mol. The van der Waals surface area contributed by atoms with Gasteiger partial charge in [0.25, 0.3) is 0 Å². The maximum absolute atomic E-state index is 5.30. The zero-order chi connectivity index (χ0) is 9.10. The summed E-state index contributed by atoms with van der Waals surface area (Å²) in [5, 5.41) is 0. The van der Waals surface area contributed by atoms with Crippen LogP contribution in [0.4, 0.5) is 5.69 Å². The fourth-order valence-electron chi connectivity index (χ4n) is 1.46. The summed E-state index contributed by atoms with van der Waals surface area (Å²) >= 11 is 3.52. The topological polar surface area (TPSA) is 12.5 Å². The molecule has 0 amide bonds. The number of benzene rings is 1. The van der Waals surface area contributed by atoms with E-state index in [9.17, 15) is 0 Å². The number of anilines is 1. The number of ether oxygens (including phenoxy) is 1. The van der Waals surface area contributed by atoms with Crippen LogP contribution in [0.5, 0.6) is 0 Å². The molecule has 3 heteroatoms. The van der Waals surface area contributed by atoms with E-state index in [0.717, 1.165) is 30.8 Å². The number of halogens is 1. The summed E-state index contributed by atoms with van der Waals surface area (Å²) in [4.78, 5) is 2.32. The van der Waals surface area contributed by atoms with Crippen molar-refractivity contribution in [2.45, 2.75) is 0 Å². The number of morpholine rings is 1. The van der Waals surface area contributed by atoms with Gasteiger partial charge in [0.15, 0.2) is 0 Å². The Morgan fingerprint density at radius 3 is 2.85 bits per heavy atom. The smallest absolute Gasteiger partial charge is 0.0642 e. The number of hydrogen-bond donors (Lipinski definition) is 0. The molecule has 0 saturated carbocycles. The Balaban J connectivity index is 2.18. The van der Waals surface area contributed by atoms with Gasteiger partial charge in [-0.15, -0.1) is 0 Å². The molecule has 1 heterocycles. The molecular formula is C10H11BrNO. The molecule has 0 spiro atoms. The van der Waals surface area contributed by atoms with Crippen molar-refractivity contribution in [3.63, 3.8) is 0 Å². The summed E-state index contributed by atoms with van der Waals surface area (Å²) in [6.45, 7) is 3.60. The van der Waals surface area contributed by atoms with Crippen LogP contribution in [0.1, 0.15) is 0 Å². The fraction of sp³-hybridized carbons (Fsp3) is 0.400. The maximum atomic E-state index is 5.30. The Kier molecular flexibility index (Phi) is 2.86. The molecule has 0 unspecified atom stereocenters. The minimum atomic E-state index is 0.824. The summed E-state index contributed by atoms with van der Waals surface area (Å²) in [6, 6.07) is 9.00. The fourth-order valence-corrected chi connectivity index (χ4v) is 1.98.